The van der Waals surface area contributed by atoms with Crippen LogP contribution in [0.5, 0.6) is 5.75 Å². The summed E-state index contributed by atoms with van der Waals surface area (Å²) >= 11 is 6.31. The molecule has 0 atom stereocenters. The fourth-order valence-electron chi connectivity index (χ4n) is 6.42. The number of fused-ring (bicyclic) bond motifs is 1. The highest BCUT2D eigenvalue weighted by Crippen LogP contribution is 2.59. The van der Waals surface area contributed by atoms with Gasteiger partial charge in [-0.2, -0.15) is 0 Å². The Morgan fingerprint density at radius 1 is 1.17 bits per heavy atom. The fourth-order valence-corrected chi connectivity index (χ4v) is 6.64. The molecule has 0 aliphatic heterocycles. The molecule has 1 amide bonds. The summed E-state index contributed by atoms with van der Waals surface area (Å²) in [6.45, 7) is 2.47. The van der Waals surface area contributed by atoms with Gasteiger partial charge in [0.25, 0.3) is 5.91 Å². The number of amides is 1. The summed E-state index contributed by atoms with van der Waals surface area (Å²) in [7, 11) is 0. The maximum atomic E-state index is 12.4. The number of ether oxygens (including phenoxy) is 1. The molecule has 29 heavy (non-hydrogen) atoms. The molecule has 4 bridgehead atoms. The smallest absolute Gasteiger partial charge is 0.336 e. The van der Waals surface area contributed by atoms with Gasteiger partial charge in [-0.05, 0) is 80.2 Å². The Morgan fingerprint density at radius 3 is 2.48 bits per heavy atom. The van der Waals surface area contributed by atoms with Crippen molar-refractivity contribution in [1.29, 1.82) is 0 Å². The van der Waals surface area contributed by atoms with E-state index in [1.165, 1.54) is 44.6 Å². The van der Waals surface area contributed by atoms with Crippen LogP contribution < -0.4 is 15.7 Å². The summed E-state index contributed by atoms with van der Waals surface area (Å²) in [6.07, 6.45) is 7.96. The van der Waals surface area contributed by atoms with E-state index in [4.69, 9.17) is 20.8 Å². The van der Waals surface area contributed by atoms with Crippen LogP contribution in [0.2, 0.25) is 5.02 Å². The molecule has 4 aliphatic rings. The van der Waals surface area contributed by atoms with Crippen LogP contribution in [0, 0.1) is 30.1 Å². The molecule has 4 saturated carbocycles. The molecule has 2 aromatic rings. The van der Waals surface area contributed by atoms with Crippen LogP contribution in [0.1, 0.15) is 44.1 Å². The van der Waals surface area contributed by atoms with Gasteiger partial charge >= 0.3 is 5.63 Å². The van der Waals surface area contributed by atoms with Crippen molar-refractivity contribution < 1.29 is 13.9 Å². The summed E-state index contributed by atoms with van der Waals surface area (Å²) in [5, 5.41) is 4.25. The fraction of sp³-hybridized carbons (Fsp3) is 0.565. The van der Waals surface area contributed by atoms with Gasteiger partial charge in [-0.1, -0.05) is 11.6 Å². The largest absolute Gasteiger partial charge is 0.482 e. The molecule has 0 saturated heterocycles. The van der Waals surface area contributed by atoms with Crippen LogP contribution in [0.25, 0.3) is 11.0 Å². The molecular formula is C23H26ClNO4. The lowest BCUT2D eigenvalue weighted by molar-refractivity contribution is -0.125. The van der Waals surface area contributed by atoms with Crippen LogP contribution in [0.15, 0.2) is 27.4 Å². The van der Waals surface area contributed by atoms with E-state index < -0.39 is 5.63 Å². The van der Waals surface area contributed by atoms with E-state index in [1.54, 1.807) is 12.1 Å². The molecule has 0 radical (unpaired) electrons. The van der Waals surface area contributed by atoms with Crippen LogP contribution in [-0.2, 0) is 4.79 Å². The number of carbonyl (C=O) groups excluding carboxylic acids is 1. The molecule has 5 nitrogen and oxygen atoms in total. The standard InChI is InChI=1S/C23H26ClNO4/c1-13-2-22(27)29-19-7-20(18(24)6-17(13)19)28-11-21(26)25-12-23-8-14-3-15(9-23)5-16(4-14)10-23/h2,6-7,14-16H,3-5,8-12H2,1H3,(H,25,26). The summed E-state index contributed by atoms with van der Waals surface area (Å²) in [5.74, 6) is 2.80. The van der Waals surface area contributed by atoms with Gasteiger partial charge in [0.1, 0.15) is 11.3 Å². The van der Waals surface area contributed by atoms with Crippen LogP contribution >= 0.6 is 11.6 Å². The number of rotatable bonds is 5. The molecule has 1 heterocycles. The van der Waals surface area contributed by atoms with E-state index in [0.717, 1.165) is 35.2 Å². The predicted molar refractivity (Wildman–Crippen MR) is 111 cm³/mol. The molecule has 6 heteroatoms. The number of hydrogen-bond acceptors (Lipinski definition) is 4. The lowest BCUT2D eigenvalue weighted by Gasteiger charge is -2.56. The maximum Gasteiger partial charge on any atom is 0.336 e. The first kappa shape index (κ1) is 19.0. The van der Waals surface area contributed by atoms with E-state index in [2.05, 4.69) is 5.32 Å². The average molecular weight is 416 g/mol. The van der Waals surface area contributed by atoms with Crippen molar-refractivity contribution in [2.45, 2.75) is 45.4 Å². The first-order valence-electron chi connectivity index (χ1n) is 10.5. The van der Waals surface area contributed by atoms with Crippen LogP contribution in [0.4, 0.5) is 0 Å². The van der Waals surface area contributed by atoms with Gasteiger partial charge in [0.15, 0.2) is 6.61 Å². The number of benzene rings is 1. The normalized spacial score (nSPS) is 29.9. The second-order valence-electron chi connectivity index (χ2n) is 9.51. The van der Waals surface area contributed by atoms with Gasteiger partial charge in [0, 0.05) is 24.1 Å². The third-order valence-electron chi connectivity index (χ3n) is 7.19. The minimum atomic E-state index is -0.420. The van der Waals surface area contributed by atoms with E-state index >= 15 is 0 Å². The molecule has 1 aromatic heterocycles. The Bertz CT molecular complexity index is 992. The Kier molecular flexibility index (Phi) is 4.61. The second-order valence-corrected chi connectivity index (χ2v) is 9.92. The molecule has 1 N–H and O–H groups in total. The first-order valence-corrected chi connectivity index (χ1v) is 10.9. The van der Waals surface area contributed by atoms with Crippen molar-refractivity contribution in [3.63, 3.8) is 0 Å². The molecule has 6 rings (SSSR count). The number of carbonyl (C=O) groups is 1. The van der Waals surface area contributed by atoms with Crippen molar-refractivity contribution in [3.05, 3.63) is 39.2 Å². The second kappa shape index (κ2) is 7.05. The van der Waals surface area contributed by atoms with Crippen molar-refractivity contribution >= 4 is 28.5 Å². The lowest BCUT2D eigenvalue weighted by Crippen LogP contribution is -2.51. The molecule has 0 spiro atoms. The molecule has 0 unspecified atom stereocenters. The zero-order valence-electron chi connectivity index (χ0n) is 16.6. The molecule has 154 valence electrons. The van der Waals surface area contributed by atoms with E-state index in [1.807, 2.05) is 6.92 Å². The molecule has 1 aromatic carbocycles. The summed E-state index contributed by atoms with van der Waals surface area (Å²) in [6, 6.07) is 4.72. The zero-order valence-corrected chi connectivity index (χ0v) is 17.4. The number of halogens is 1. The average Bonchev–Trinajstić information content (AvgIpc) is 2.64. The topological polar surface area (TPSA) is 68.5 Å². The minimum Gasteiger partial charge on any atom is -0.482 e. The Balaban J connectivity index is 1.22. The number of nitrogens with one attached hydrogen (secondary N) is 1. The maximum absolute atomic E-state index is 12.4. The Labute approximate surface area is 174 Å². The van der Waals surface area contributed by atoms with Crippen molar-refractivity contribution in [2.24, 2.45) is 23.2 Å². The molecule has 4 fully saturated rings. The third kappa shape index (κ3) is 3.65. The molecule has 4 aliphatic carbocycles. The molecular weight excluding hydrogens is 390 g/mol. The Hall–Kier alpha value is -2.01. The van der Waals surface area contributed by atoms with Crippen LogP contribution in [-0.4, -0.2) is 19.1 Å². The minimum absolute atomic E-state index is 0.104. The van der Waals surface area contributed by atoms with Crippen molar-refractivity contribution in [3.8, 4) is 5.75 Å². The quantitative estimate of drug-likeness (QED) is 0.731. The monoisotopic (exact) mass is 415 g/mol. The highest BCUT2D eigenvalue weighted by Gasteiger charge is 2.50. The lowest BCUT2D eigenvalue weighted by atomic mass is 9.49. The highest BCUT2D eigenvalue weighted by atomic mass is 35.5. The summed E-state index contributed by atoms with van der Waals surface area (Å²) in [5.41, 5.74) is 1.07. The van der Waals surface area contributed by atoms with Gasteiger partial charge in [-0.25, -0.2) is 4.79 Å². The van der Waals surface area contributed by atoms with Crippen molar-refractivity contribution in [1.82, 2.24) is 5.32 Å². The highest BCUT2D eigenvalue weighted by molar-refractivity contribution is 6.32. The zero-order chi connectivity index (χ0) is 20.2. The number of hydrogen-bond donors (Lipinski definition) is 1. The summed E-state index contributed by atoms with van der Waals surface area (Å²) in [4.78, 5) is 24.1. The number of aryl methyl sites for hydroxylation is 1. The van der Waals surface area contributed by atoms with Gasteiger partial charge < -0.3 is 14.5 Å². The van der Waals surface area contributed by atoms with Gasteiger partial charge in [0.05, 0.1) is 5.02 Å². The Morgan fingerprint density at radius 2 is 1.83 bits per heavy atom. The SMILES string of the molecule is Cc1cc(=O)oc2cc(OCC(=O)NCC34CC5CC(CC(C5)C3)C4)c(Cl)cc12. The van der Waals surface area contributed by atoms with E-state index in [9.17, 15) is 9.59 Å². The first-order chi connectivity index (χ1) is 13.9. The summed E-state index contributed by atoms with van der Waals surface area (Å²) < 4.78 is 10.9. The van der Waals surface area contributed by atoms with Gasteiger partial charge in [-0.3, -0.25) is 4.79 Å². The van der Waals surface area contributed by atoms with Gasteiger partial charge in [-0.15, -0.1) is 0 Å². The van der Waals surface area contributed by atoms with Crippen molar-refractivity contribution in [2.75, 3.05) is 13.2 Å². The predicted octanol–water partition coefficient (Wildman–Crippen LogP) is 4.47. The van der Waals surface area contributed by atoms with Gasteiger partial charge in [0.2, 0.25) is 0 Å². The van der Waals surface area contributed by atoms with Crippen LogP contribution in [0.3, 0.4) is 0 Å². The third-order valence-corrected chi connectivity index (χ3v) is 7.48. The van der Waals surface area contributed by atoms with E-state index in [-0.39, 0.29) is 12.5 Å². The van der Waals surface area contributed by atoms with E-state index in [0.29, 0.717) is 21.8 Å².